The van der Waals surface area contributed by atoms with Gasteiger partial charge in [0.15, 0.2) is 0 Å². The van der Waals surface area contributed by atoms with Crippen LogP contribution in [0.15, 0.2) is 18.2 Å². The molecular formula is C12H16N2O2. The molecule has 2 rings (SSSR count). The van der Waals surface area contributed by atoms with Crippen LogP contribution in [-0.4, -0.2) is 17.6 Å². The molecule has 1 aliphatic rings. The summed E-state index contributed by atoms with van der Waals surface area (Å²) in [7, 11) is 0. The highest BCUT2D eigenvalue weighted by Crippen LogP contribution is 2.29. The largest absolute Gasteiger partial charge is 0.392 e. The Bertz CT molecular complexity index is 431. The van der Waals surface area contributed by atoms with Gasteiger partial charge in [-0.1, -0.05) is 23.8 Å². The lowest BCUT2D eigenvalue weighted by atomic mass is 9.80. The molecule has 0 radical (unpaired) electrons. The number of benzene rings is 1. The van der Waals surface area contributed by atoms with E-state index in [0.717, 1.165) is 16.7 Å². The molecule has 1 aromatic rings. The topological polar surface area (TPSA) is 61.4 Å². The maximum absolute atomic E-state index is 11.8. The lowest BCUT2D eigenvalue weighted by Crippen LogP contribution is -2.35. The summed E-state index contributed by atoms with van der Waals surface area (Å²) in [6, 6.07) is 5.81. The molecular weight excluding hydrogens is 204 g/mol. The fourth-order valence-corrected chi connectivity index (χ4v) is 2.13. The number of aliphatic hydroxyl groups is 1. The summed E-state index contributed by atoms with van der Waals surface area (Å²) in [6.07, 6.45) is 0. The van der Waals surface area contributed by atoms with Crippen molar-refractivity contribution in [2.45, 2.75) is 25.9 Å². The van der Waals surface area contributed by atoms with E-state index in [4.69, 9.17) is 0 Å². The summed E-state index contributed by atoms with van der Waals surface area (Å²) in [5, 5.41) is 9.35. The van der Waals surface area contributed by atoms with Gasteiger partial charge in [0.25, 0.3) is 0 Å². The minimum Gasteiger partial charge on any atom is -0.392 e. The smallest absolute Gasteiger partial charge is 0.245 e. The standard InChI is InChI=1S/C12H16N2O2/c1-8-3-4-10(9(5-8)6-15)12(2)7-13-14-11(12)16/h3-5,13,15H,6-7H2,1-2H3,(H,14,16). The van der Waals surface area contributed by atoms with Crippen LogP contribution in [0.25, 0.3) is 0 Å². The molecule has 1 unspecified atom stereocenters. The summed E-state index contributed by atoms with van der Waals surface area (Å²) in [5.74, 6) is -0.0500. The van der Waals surface area contributed by atoms with Crippen molar-refractivity contribution in [1.29, 1.82) is 0 Å². The Labute approximate surface area is 94.6 Å². The van der Waals surface area contributed by atoms with Gasteiger partial charge in [-0.3, -0.25) is 10.2 Å². The van der Waals surface area contributed by atoms with Gasteiger partial charge in [0.2, 0.25) is 5.91 Å². The second-order valence-electron chi connectivity index (χ2n) is 4.46. The summed E-state index contributed by atoms with van der Waals surface area (Å²) in [4.78, 5) is 11.8. The van der Waals surface area contributed by atoms with E-state index in [1.54, 1.807) is 0 Å². The average Bonchev–Trinajstić information content (AvgIpc) is 2.60. The molecule has 1 heterocycles. The van der Waals surface area contributed by atoms with Crippen molar-refractivity contribution in [2.75, 3.05) is 6.54 Å². The number of carbonyl (C=O) groups excluding carboxylic acids is 1. The van der Waals surface area contributed by atoms with Crippen molar-refractivity contribution in [3.8, 4) is 0 Å². The number of aryl methyl sites for hydroxylation is 1. The van der Waals surface area contributed by atoms with Gasteiger partial charge in [0, 0.05) is 6.54 Å². The number of hydrogen-bond donors (Lipinski definition) is 3. The molecule has 1 saturated heterocycles. The van der Waals surface area contributed by atoms with Gasteiger partial charge in [-0.25, -0.2) is 5.43 Å². The fourth-order valence-electron chi connectivity index (χ4n) is 2.13. The van der Waals surface area contributed by atoms with Gasteiger partial charge in [-0.05, 0) is 25.0 Å². The number of amides is 1. The van der Waals surface area contributed by atoms with Crippen LogP contribution in [0.5, 0.6) is 0 Å². The van der Waals surface area contributed by atoms with E-state index >= 15 is 0 Å². The van der Waals surface area contributed by atoms with Crippen LogP contribution in [0.4, 0.5) is 0 Å². The monoisotopic (exact) mass is 220 g/mol. The van der Waals surface area contributed by atoms with E-state index in [0.29, 0.717) is 6.54 Å². The molecule has 0 aliphatic carbocycles. The van der Waals surface area contributed by atoms with E-state index in [1.165, 1.54) is 0 Å². The van der Waals surface area contributed by atoms with Gasteiger partial charge in [0.1, 0.15) is 0 Å². The summed E-state index contributed by atoms with van der Waals surface area (Å²) in [6.45, 7) is 4.35. The first kappa shape index (κ1) is 11.1. The van der Waals surface area contributed by atoms with Crippen molar-refractivity contribution in [3.63, 3.8) is 0 Å². The predicted molar refractivity (Wildman–Crippen MR) is 60.6 cm³/mol. The van der Waals surface area contributed by atoms with Crippen LogP contribution in [0.1, 0.15) is 23.6 Å². The van der Waals surface area contributed by atoms with Crippen LogP contribution < -0.4 is 10.9 Å². The molecule has 0 spiro atoms. The quantitative estimate of drug-likeness (QED) is 0.675. The number of hydrazine groups is 1. The van der Waals surface area contributed by atoms with Crippen molar-refractivity contribution in [3.05, 3.63) is 34.9 Å². The third-order valence-electron chi connectivity index (χ3n) is 3.17. The van der Waals surface area contributed by atoms with E-state index in [-0.39, 0.29) is 12.5 Å². The third kappa shape index (κ3) is 1.60. The van der Waals surface area contributed by atoms with Gasteiger partial charge < -0.3 is 5.11 Å². The van der Waals surface area contributed by atoms with Crippen LogP contribution >= 0.6 is 0 Å². The van der Waals surface area contributed by atoms with Crippen LogP contribution in [0, 0.1) is 6.92 Å². The van der Waals surface area contributed by atoms with Crippen LogP contribution in [0.3, 0.4) is 0 Å². The lowest BCUT2D eigenvalue weighted by Gasteiger charge is -2.23. The summed E-state index contributed by atoms with van der Waals surface area (Å²) < 4.78 is 0. The van der Waals surface area contributed by atoms with E-state index in [1.807, 2.05) is 32.0 Å². The van der Waals surface area contributed by atoms with Crippen LogP contribution in [0.2, 0.25) is 0 Å². The first-order valence-electron chi connectivity index (χ1n) is 5.32. The zero-order valence-corrected chi connectivity index (χ0v) is 9.50. The highest BCUT2D eigenvalue weighted by atomic mass is 16.3. The van der Waals surface area contributed by atoms with E-state index in [2.05, 4.69) is 10.9 Å². The molecule has 4 heteroatoms. The summed E-state index contributed by atoms with van der Waals surface area (Å²) in [5.41, 5.74) is 7.66. The number of aliphatic hydroxyl groups excluding tert-OH is 1. The van der Waals surface area contributed by atoms with E-state index in [9.17, 15) is 9.90 Å². The molecule has 0 aromatic heterocycles. The van der Waals surface area contributed by atoms with Gasteiger partial charge in [-0.2, -0.15) is 0 Å². The molecule has 4 nitrogen and oxygen atoms in total. The highest BCUT2D eigenvalue weighted by molar-refractivity contribution is 5.90. The van der Waals surface area contributed by atoms with Gasteiger partial charge in [0.05, 0.1) is 12.0 Å². The second-order valence-corrected chi connectivity index (χ2v) is 4.46. The Hall–Kier alpha value is -1.39. The molecule has 1 amide bonds. The van der Waals surface area contributed by atoms with Crippen molar-refractivity contribution >= 4 is 5.91 Å². The van der Waals surface area contributed by atoms with Crippen molar-refractivity contribution in [2.24, 2.45) is 0 Å². The first-order chi connectivity index (χ1) is 7.58. The molecule has 1 atom stereocenters. The normalized spacial score (nSPS) is 24.6. The Kier molecular flexibility index (Phi) is 2.69. The molecule has 16 heavy (non-hydrogen) atoms. The Balaban J connectivity index is 2.51. The Morgan fingerprint density at radius 2 is 2.25 bits per heavy atom. The fraction of sp³-hybridized carbons (Fsp3) is 0.417. The van der Waals surface area contributed by atoms with Gasteiger partial charge in [-0.15, -0.1) is 0 Å². The zero-order valence-electron chi connectivity index (χ0n) is 9.50. The number of carbonyl (C=O) groups is 1. The molecule has 1 aromatic carbocycles. The highest BCUT2D eigenvalue weighted by Gasteiger charge is 2.40. The van der Waals surface area contributed by atoms with Crippen molar-refractivity contribution in [1.82, 2.24) is 10.9 Å². The second kappa shape index (κ2) is 3.88. The minimum atomic E-state index is -0.592. The molecule has 1 fully saturated rings. The molecule has 0 bridgehead atoms. The predicted octanol–water partition coefficient (Wildman–Crippen LogP) is 0.379. The number of hydrogen-bond acceptors (Lipinski definition) is 3. The maximum Gasteiger partial charge on any atom is 0.245 e. The Morgan fingerprint density at radius 3 is 2.81 bits per heavy atom. The molecule has 0 saturated carbocycles. The molecule has 1 aliphatic heterocycles. The summed E-state index contributed by atoms with van der Waals surface area (Å²) >= 11 is 0. The van der Waals surface area contributed by atoms with E-state index < -0.39 is 5.41 Å². The molecule has 86 valence electrons. The average molecular weight is 220 g/mol. The number of nitrogens with one attached hydrogen (secondary N) is 2. The minimum absolute atomic E-state index is 0.0418. The maximum atomic E-state index is 11.8. The number of rotatable bonds is 2. The molecule has 3 N–H and O–H groups in total. The zero-order chi connectivity index (χ0) is 11.8. The Morgan fingerprint density at radius 1 is 1.50 bits per heavy atom. The van der Waals surface area contributed by atoms with Gasteiger partial charge >= 0.3 is 0 Å². The van der Waals surface area contributed by atoms with Crippen molar-refractivity contribution < 1.29 is 9.90 Å². The lowest BCUT2D eigenvalue weighted by molar-refractivity contribution is -0.123. The third-order valence-corrected chi connectivity index (χ3v) is 3.17. The SMILES string of the molecule is Cc1ccc(C2(C)CNNC2=O)c(CO)c1. The first-order valence-corrected chi connectivity index (χ1v) is 5.32. The van der Waals surface area contributed by atoms with Crippen LogP contribution in [-0.2, 0) is 16.8 Å².